The van der Waals surface area contributed by atoms with Gasteiger partial charge < -0.3 is 10.4 Å². The molecule has 1 amide bonds. The van der Waals surface area contributed by atoms with Crippen LogP contribution in [0.3, 0.4) is 0 Å². The fraction of sp³-hybridized carbons (Fsp3) is 0.933. The minimum absolute atomic E-state index is 0.124. The molecular weight excluding hydrogens is 306 g/mol. The molecule has 0 aromatic carbocycles. The lowest BCUT2D eigenvalue weighted by atomic mass is 9.48. The zero-order valence-corrected chi connectivity index (χ0v) is 13.2. The van der Waals surface area contributed by atoms with Crippen LogP contribution in [0.1, 0.15) is 51.9 Å². The SMILES string of the molecule is C[C@@H](O)CNC(=O)CC12C[C@H]3C[C@@H](CC(Br)(C3)C1)C2. The summed E-state index contributed by atoms with van der Waals surface area (Å²) < 4.78 is 0.321. The van der Waals surface area contributed by atoms with E-state index in [2.05, 4.69) is 21.2 Å². The maximum absolute atomic E-state index is 12.1. The summed E-state index contributed by atoms with van der Waals surface area (Å²) in [6, 6.07) is 0. The van der Waals surface area contributed by atoms with Crippen LogP contribution in [0, 0.1) is 17.3 Å². The lowest BCUT2D eigenvalue weighted by molar-refractivity contribution is -0.128. The number of nitrogens with one attached hydrogen (secondary N) is 1. The number of aliphatic hydroxyl groups excluding tert-OH is 1. The summed E-state index contributed by atoms with van der Waals surface area (Å²) in [5.74, 6) is 1.77. The number of halogens is 1. The molecule has 0 heterocycles. The second-order valence-corrected chi connectivity index (χ2v) is 9.12. The van der Waals surface area contributed by atoms with E-state index in [0.717, 1.165) is 18.3 Å². The average Bonchev–Trinajstić information content (AvgIpc) is 2.21. The molecule has 0 aromatic rings. The van der Waals surface area contributed by atoms with Gasteiger partial charge in [-0.3, -0.25) is 4.79 Å². The highest BCUT2D eigenvalue weighted by molar-refractivity contribution is 9.10. The molecule has 4 rings (SSSR count). The van der Waals surface area contributed by atoms with Crippen molar-refractivity contribution in [3.8, 4) is 0 Å². The quantitative estimate of drug-likeness (QED) is 0.779. The predicted molar refractivity (Wildman–Crippen MR) is 78.1 cm³/mol. The van der Waals surface area contributed by atoms with Crippen LogP contribution in [-0.2, 0) is 4.79 Å². The van der Waals surface area contributed by atoms with Gasteiger partial charge in [-0.15, -0.1) is 0 Å². The molecule has 4 heteroatoms. The summed E-state index contributed by atoms with van der Waals surface area (Å²) in [4.78, 5) is 12.1. The Balaban J connectivity index is 1.65. The van der Waals surface area contributed by atoms with Crippen LogP contribution < -0.4 is 5.32 Å². The topological polar surface area (TPSA) is 49.3 Å². The number of hydrogen-bond acceptors (Lipinski definition) is 2. The van der Waals surface area contributed by atoms with E-state index in [1.165, 1.54) is 32.1 Å². The lowest BCUT2D eigenvalue weighted by Gasteiger charge is -2.60. The molecule has 4 fully saturated rings. The monoisotopic (exact) mass is 329 g/mol. The Labute approximate surface area is 123 Å². The lowest BCUT2D eigenvalue weighted by Crippen LogP contribution is -2.54. The summed E-state index contributed by atoms with van der Waals surface area (Å²) in [6.45, 7) is 2.08. The zero-order chi connectivity index (χ0) is 13.7. The number of aliphatic hydroxyl groups is 1. The molecule has 3 nitrogen and oxygen atoms in total. The zero-order valence-electron chi connectivity index (χ0n) is 11.6. The highest BCUT2D eigenvalue weighted by atomic mass is 79.9. The van der Waals surface area contributed by atoms with Crippen molar-refractivity contribution in [1.29, 1.82) is 0 Å². The molecule has 19 heavy (non-hydrogen) atoms. The fourth-order valence-corrected chi connectivity index (χ4v) is 6.72. The number of amides is 1. The van der Waals surface area contributed by atoms with Crippen molar-refractivity contribution in [2.45, 2.75) is 62.3 Å². The van der Waals surface area contributed by atoms with Crippen molar-refractivity contribution in [1.82, 2.24) is 5.32 Å². The summed E-state index contributed by atoms with van der Waals surface area (Å²) in [5, 5.41) is 12.1. The highest BCUT2D eigenvalue weighted by Crippen LogP contribution is 2.65. The molecule has 0 radical (unpaired) electrons. The number of rotatable bonds is 4. The van der Waals surface area contributed by atoms with Gasteiger partial charge in [-0.2, -0.15) is 0 Å². The van der Waals surface area contributed by atoms with Crippen molar-refractivity contribution >= 4 is 21.8 Å². The Morgan fingerprint density at radius 1 is 1.37 bits per heavy atom. The number of carbonyl (C=O) groups is 1. The second kappa shape index (κ2) is 4.73. The first-order valence-corrected chi connectivity index (χ1v) is 8.31. The third-order valence-corrected chi connectivity index (χ3v) is 6.17. The highest BCUT2D eigenvalue weighted by Gasteiger charge is 2.57. The predicted octanol–water partition coefficient (Wildman–Crippen LogP) is 2.61. The molecule has 0 aromatic heterocycles. The first-order chi connectivity index (χ1) is 8.88. The molecule has 0 aliphatic heterocycles. The summed E-state index contributed by atoms with van der Waals surface area (Å²) >= 11 is 3.97. The number of hydrogen-bond donors (Lipinski definition) is 2. The molecular formula is C15H24BrNO2. The van der Waals surface area contributed by atoms with E-state index in [-0.39, 0.29) is 11.3 Å². The van der Waals surface area contributed by atoms with Crippen molar-refractivity contribution in [2.24, 2.45) is 17.3 Å². The van der Waals surface area contributed by atoms with Crippen LogP contribution in [-0.4, -0.2) is 28.0 Å². The average molecular weight is 330 g/mol. The first-order valence-electron chi connectivity index (χ1n) is 7.52. The van der Waals surface area contributed by atoms with Crippen LogP contribution in [0.15, 0.2) is 0 Å². The van der Waals surface area contributed by atoms with E-state index in [0.29, 0.717) is 17.3 Å². The van der Waals surface area contributed by atoms with Gasteiger partial charge in [0.05, 0.1) is 6.10 Å². The van der Waals surface area contributed by atoms with Crippen molar-refractivity contribution in [3.05, 3.63) is 0 Å². The first kappa shape index (κ1) is 13.9. The van der Waals surface area contributed by atoms with Crippen molar-refractivity contribution in [3.63, 3.8) is 0 Å². The maximum atomic E-state index is 12.1. The van der Waals surface area contributed by atoms with Gasteiger partial charge in [-0.25, -0.2) is 0 Å². The molecule has 0 spiro atoms. The molecule has 4 bridgehead atoms. The van der Waals surface area contributed by atoms with Gasteiger partial charge in [0.15, 0.2) is 0 Å². The van der Waals surface area contributed by atoms with Gasteiger partial charge >= 0.3 is 0 Å². The summed E-state index contributed by atoms with van der Waals surface area (Å²) in [7, 11) is 0. The van der Waals surface area contributed by atoms with Crippen LogP contribution in [0.4, 0.5) is 0 Å². The standard InChI is InChI=1S/C15H24BrNO2/c1-10(18)8-17-13(19)7-14-3-11-2-12(4-14)6-15(16,5-11)9-14/h10-12,18H,2-9H2,1H3,(H,17,19)/t10-,11-,12-,14?,15?/m1/s1. The summed E-state index contributed by atoms with van der Waals surface area (Å²) in [6.07, 6.45) is 7.82. The van der Waals surface area contributed by atoms with E-state index in [9.17, 15) is 9.90 Å². The Kier molecular flexibility index (Phi) is 3.45. The molecule has 4 aliphatic rings. The van der Waals surface area contributed by atoms with Gasteiger partial charge in [0, 0.05) is 17.3 Å². The minimum atomic E-state index is -0.456. The Hall–Kier alpha value is -0.0900. The van der Waals surface area contributed by atoms with E-state index in [1.807, 2.05) is 0 Å². The van der Waals surface area contributed by atoms with Gasteiger partial charge in [0.25, 0.3) is 0 Å². The third-order valence-electron chi connectivity index (χ3n) is 5.24. The van der Waals surface area contributed by atoms with Crippen LogP contribution in [0.25, 0.3) is 0 Å². The maximum Gasteiger partial charge on any atom is 0.220 e. The third kappa shape index (κ3) is 2.85. The molecule has 4 saturated carbocycles. The van der Waals surface area contributed by atoms with E-state index in [1.54, 1.807) is 6.92 Å². The summed E-state index contributed by atoms with van der Waals surface area (Å²) in [5.41, 5.74) is 0.233. The van der Waals surface area contributed by atoms with Crippen molar-refractivity contribution in [2.75, 3.05) is 6.54 Å². The molecule has 0 saturated heterocycles. The van der Waals surface area contributed by atoms with Gasteiger partial charge in [-0.05, 0) is 62.7 Å². The molecule has 0 unspecified atom stereocenters. The molecule has 3 atom stereocenters. The molecule has 108 valence electrons. The van der Waals surface area contributed by atoms with E-state index in [4.69, 9.17) is 0 Å². The van der Waals surface area contributed by atoms with Crippen molar-refractivity contribution < 1.29 is 9.90 Å². The van der Waals surface area contributed by atoms with Gasteiger partial charge in [0.1, 0.15) is 0 Å². The second-order valence-electron chi connectivity index (χ2n) is 7.44. The normalized spacial score (nSPS) is 45.2. The molecule has 4 aliphatic carbocycles. The fourth-order valence-electron chi connectivity index (χ4n) is 5.21. The Bertz CT molecular complexity index is 368. The van der Waals surface area contributed by atoms with E-state index < -0.39 is 6.10 Å². The van der Waals surface area contributed by atoms with Crippen LogP contribution in [0.5, 0.6) is 0 Å². The van der Waals surface area contributed by atoms with Crippen LogP contribution in [0.2, 0.25) is 0 Å². The van der Waals surface area contributed by atoms with Gasteiger partial charge in [0.2, 0.25) is 5.91 Å². The van der Waals surface area contributed by atoms with Gasteiger partial charge in [-0.1, -0.05) is 15.9 Å². The number of carbonyl (C=O) groups excluding carboxylic acids is 1. The minimum Gasteiger partial charge on any atom is -0.392 e. The number of alkyl halides is 1. The van der Waals surface area contributed by atoms with Crippen LogP contribution >= 0.6 is 15.9 Å². The molecule has 2 N–H and O–H groups in total. The largest absolute Gasteiger partial charge is 0.392 e. The Morgan fingerprint density at radius 2 is 2.00 bits per heavy atom. The smallest absolute Gasteiger partial charge is 0.220 e. The van der Waals surface area contributed by atoms with E-state index >= 15 is 0 Å². The Morgan fingerprint density at radius 3 is 2.53 bits per heavy atom.